The Kier molecular flexibility index (Phi) is 4.90. The van der Waals surface area contributed by atoms with Crippen LogP contribution in [0.3, 0.4) is 0 Å². The first-order valence-corrected chi connectivity index (χ1v) is 9.49. The van der Waals surface area contributed by atoms with Gasteiger partial charge in [-0.3, -0.25) is 19.4 Å². The maximum atomic E-state index is 13.1. The van der Waals surface area contributed by atoms with Gasteiger partial charge in [0.2, 0.25) is 0 Å². The third-order valence-corrected chi connectivity index (χ3v) is 4.91. The van der Waals surface area contributed by atoms with E-state index in [2.05, 4.69) is 10.3 Å². The van der Waals surface area contributed by atoms with E-state index in [0.29, 0.717) is 22.9 Å². The zero-order chi connectivity index (χ0) is 20.5. The molecule has 0 saturated carbocycles. The number of carbonyl (C=O) groups excluding carboxylic acids is 1. The predicted octanol–water partition coefficient (Wildman–Crippen LogP) is 2.58. The smallest absolute Gasteiger partial charge is 0.267 e. The van der Waals surface area contributed by atoms with Crippen LogP contribution in [-0.2, 0) is 6.54 Å². The van der Waals surface area contributed by atoms with Crippen molar-refractivity contribution in [1.82, 2.24) is 19.3 Å². The maximum Gasteiger partial charge on any atom is 0.267 e. The number of carbonyl (C=O) groups is 1. The van der Waals surface area contributed by atoms with Gasteiger partial charge in [0, 0.05) is 17.8 Å². The predicted molar refractivity (Wildman–Crippen MR) is 111 cm³/mol. The number of hydrogen-bond acceptors (Lipinski definition) is 4. The zero-order valence-corrected chi connectivity index (χ0v) is 16.4. The van der Waals surface area contributed by atoms with Crippen molar-refractivity contribution < 1.29 is 4.79 Å². The van der Waals surface area contributed by atoms with E-state index in [1.165, 1.54) is 10.5 Å². The van der Waals surface area contributed by atoms with Gasteiger partial charge in [-0.15, -0.1) is 0 Å². The Morgan fingerprint density at radius 1 is 1.21 bits per heavy atom. The number of nitrogens with zero attached hydrogens (tertiary/aromatic N) is 3. The van der Waals surface area contributed by atoms with Crippen LogP contribution in [0.15, 0.2) is 59.5 Å². The van der Waals surface area contributed by atoms with Crippen LogP contribution in [0.25, 0.3) is 16.7 Å². The highest BCUT2D eigenvalue weighted by molar-refractivity contribution is 6.30. The zero-order valence-electron chi connectivity index (χ0n) is 15.6. The van der Waals surface area contributed by atoms with Crippen LogP contribution < -0.4 is 16.4 Å². The van der Waals surface area contributed by atoms with Gasteiger partial charge in [-0.25, -0.2) is 4.98 Å². The molecule has 0 radical (unpaired) electrons. The van der Waals surface area contributed by atoms with E-state index in [4.69, 9.17) is 17.0 Å². The lowest BCUT2D eigenvalue weighted by molar-refractivity contribution is 0.0953. The quantitative estimate of drug-likeness (QED) is 0.509. The monoisotopic (exact) mass is 407 g/mol. The Labute approximate surface area is 170 Å². The molecule has 0 aliphatic rings. The van der Waals surface area contributed by atoms with Crippen molar-refractivity contribution in [3.8, 4) is 0 Å². The highest BCUT2D eigenvalue weighted by atomic mass is 35.5. The number of benzene rings is 1. The van der Waals surface area contributed by atoms with Crippen molar-refractivity contribution in [2.75, 3.05) is 6.54 Å². The first kappa shape index (κ1) is 18.9. The van der Waals surface area contributed by atoms with Gasteiger partial charge in [-0.05, 0) is 42.8 Å². The first-order chi connectivity index (χ1) is 14.0. The molecule has 0 bridgehead atoms. The number of aromatic nitrogens is 3. The van der Waals surface area contributed by atoms with E-state index in [9.17, 15) is 9.59 Å². The van der Waals surface area contributed by atoms with Gasteiger partial charge in [-0.2, -0.15) is 0 Å². The molecule has 4 aromatic rings. The molecule has 2 N–H and O–H groups in total. The van der Waals surface area contributed by atoms with Gasteiger partial charge in [0.05, 0.1) is 17.5 Å². The Morgan fingerprint density at radius 2 is 1.97 bits per heavy atom. The summed E-state index contributed by atoms with van der Waals surface area (Å²) in [5.74, 6) is -0.401. The van der Waals surface area contributed by atoms with E-state index in [1.807, 2.05) is 12.1 Å². The van der Waals surface area contributed by atoms with Crippen LogP contribution in [0.4, 0.5) is 0 Å². The van der Waals surface area contributed by atoms with Gasteiger partial charge in [0.1, 0.15) is 16.8 Å². The number of halogens is 1. The summed E-state index contributed by atoms with van der Waals surface area (Å²) in [5.41, 5.74) is 1.53. The first-order valence-electron chi connectivity index (χ1n) is 9.11. The molecule has 146 valence electrons. The third-order valence-electron chi connectivity index (χ3n) is 4.65. The van der Waals surface area contributed by atoms with Gasteiger partial charge in [0.25, 0.3) is 11.5 Å². The largest absolute Gasteiger partial charge is 0.352 e. The molecule has 3 aromatic heterocycles. The van der Waals surface area contributed by atoms with Crippen LogP contribution in [0.2, 0.25) is 5.02 Å². The molecular weight excluding hydrogens is 390 g/mol. The Balaban J connectivity index is 2.05. The molecule has 1 aromatic carbocycles. The molecule has 0 unspecified atom stereocenters. The Morgan fingerprint density at radius 3 is 2.69 bits per heavy atom. The van der Waals surface area contributed by atoms with E-state index in [0.717, 1.165) is 5.56 Å². The van der Waals surface area contributed by atoms with Crippen molar-refractivity contribution in [1.29, 1.82) is 5.41 Å². The summed E-state index contributed by atoms with van der Waals surface area (Å²) < 4.78 is 3.01. The molecule has 7 nitrogen and oxygen atoms in total. The summed E-state index contributed by atoms with van der Waals surface area (Å²) in [6.45, 7) is 2.49. The van der Waals surface area contributed by atoms with Crippen LogP contribution in [0, 0.1) is 5.41 Å². The van der Waals surface area contributed by atoms with Gasteiger partial charge in [0.15, 0.2) is 0 Å². The lowest BCUT2D eigenvalue weighted by Gasteiger charge is -2.15. The van der Waals surface area contributed by atoms with Crippen LogP contribution >= 0.6 is 11.6 Å². The number of fused-ring (bicyclic) bond motifs is 2. The fourth-order valence-corrected chi connectivity index (χ4v) is 3.37. The van der Waals surface area contributed by atoms with Gasteiger partial charge >= 0.3 is 0 Å². The third kappa shape index (κ3) is 3.40. The maximum absolute atomic E-state index is 13.1. The summed E-state index contributed by atoms with van der Waals surface area (Å²) >= 11 is 5.98. The van der Waals surface area contributed by atoms with Crippen molar-refractivity contribution in [3.05, 3.63) is 86.7 Å². The standard InChI is InChI=1S/C21H18ClN5O2/c1-2-24-20(28)15-11-16-19(25-17-5-3-4-10-26(17)21(16)29)27(18(15)23)12-13-6-8-14(22)9-7-13/h3-11,23H,2,12H2,1H3,(H,24,28). The molecule has 1 amide bonds. The second-order valence-corrected chi connectivity index (χ2v) is 7.00. The van der Waals surface area contributed by atoms with Crippen molar-refractivity contribution in [2.24, 2.45) is 0 Å². The minimum atomic E-state index is -0.401. The fourth-order valence-electron chi connectivity index (χ4n) is 3.24. The molecule has 0 spiro atoms. The highest BCUT2D eigenvalue weighted by Gasteiger charge is 2.17. The summed E-state index contributed by atoms with van der Waals surface area (Å²) in [5, 5.41) is 12.2. The van der Waals surface area contributed by atoms with Crippen molar-refractivity contribution in [2.45, 2.75) is 13.5 Å². The summed E-state index contributed by atoms with van der Waals surface area (Å²) in [6, 6.07) is 13.9. The lowest BCUT2D eigenvalue weighted by Crippen LogP contribution is -2.35. The van der Waals surface area contributed by atoms with Crippen molar-refractivity contribution >= 4 is 34.2 Å². The van der Waals surface area contributed by atoms with E-state index in [-0.39, 0.29) is 28.5 Å². The number of nitrogens with one attached hydrogen (secondary N) is 2. The van der Waals surface area contributed by atoms with E-state index >= 15 is 0 Å². The fraction of sp³-hybridized carbons (Fsp3) is 0.143. The minimum absolute atomic E-state index is 0.00872. The normalized spacial score (nSPS) is 11.1. The highest BCUT2D eigenvalue weighted by Crippen LogP contribution is 2.14. The molecule has 0 aliphatic heterocycles. The Hall–Kier alpha value is -3.45. The van der Waals surface area contributed by atoms with Crippen LogP contribution in [0.1, 0.15) is 22.8 Å². The SMILES string of the molecule is CCNC(=O)c1cc2c(=O)n3ccccc3nc2n(Cc2ccc(Cl)cc2)c1=N. The summed E-state index contributed by atoms with van der Waals surface area (Å²) in [7, 11) is 0. The van der Waals surface area contributed by atoms with E-state index in [1.54, 1.807) is 48.0 Å². The second kappa shape index (κ2) is 7.52. The molecule has 0 saturated heterocycles. The van der Waals surface area contributed by atoms with Crippen molar-refractivity contribution in [3.63, 3.8) is 0 Å². The lowest BCUT2D eigenvalue weighted by atomic mass is 10.1. The molecule has 0 atom stereocenters. The Bertz CT molecular complexity index is 1360. The summed E-state index contributed by atoms with van der Waals surface area (Å²) in [4.78, 5) is 30.2. The van der Waals surface area contributed by atoms with Gasteiger partial charge in [-0.1, -0.05) is 29.8 Å². The van der Waals surface area contributed by atoms with Gasteiger partial charge < -0.3 is 9.88 Å². The average Bonchev–Trinajstić information content (AvgIpc) is 2.72. The molecule has 29 heavy (non-hydrogen) atoms. The molecule has 0 aliphatic carbocycles. The summed E-state index contributed by atoms with van der Waals surface area (Å²) in [6.07, 6.45) is 1.63. The van der Waals surface area contributed by atoms with Crippen LogP contribution in [0.5, 0.6) is 0 Å². The average molecular weight is 408 g/mol. The molecule has 8 heteroatoms. The molecule has 0 fully saturated rings. The molecule has 3 heterocycles. The molecular formula is C21H18ClN5O2. The number of pyridine rings is 2. The number of amides is 1. The second-order valence-electron chi connectivity index (χ2n) is 6.56. The topological polar surface area (TPSA) is 92.2 Å². The molecule has 4 rings (SSSR count). The number of hydrogen-bond donors (Lipinski definition) is 2. The number of rotatable bonds is 4. The van der Waals surface area contributed by atoms with E-state index < -0.39 is 5.91 Å². The minimum Gasteiger partial charge on any atom is -0.352 e. The van der Waals surface area contributed by atoms with Crippen LogP contribution in [-0.4, -0.2) is 26.4 Å².